The summed E-state index contributed by atoms with van der Waals surface area (Å²) in [6.45, 7) is 3.91. The summed E-state index contributed by atoms with van der Waals surface area (Å²) in [5, 5.41) is 21.4. The molecule has 31 heavy (non-hydrogen) atoms. The van der Waals surface area contributed by atoms with Crippen LogP contribution in [-0.2, 0) is 16.9 Å². The molecule has 168 valence electrons. The molecule has 1 saturated heterocycles. The van der Waals surface area contributed by atoms with E-state index in [1.807, 2.05) is 35.0 Å². The van der Waals surface area contributed by atoms with Crippen LogP contribution >= 0.6 is 11.6 Å². The summed E-state index contributed by atoms with van der Waals surface area (Å²) < 4.78 is 5.70. The zero-order chi connectivity index (χ0) is 22.6. The Kier molecular flexibility index (Phi) is 7.80. The molecule has 2 heterocycles. The third-order valence-electron chi connectivity index (χ3n) is 5.70. The number of aldehydes is 1. The number of aliphatic hydroxyl groups is 2. The van der Waals surface area contributed by atoms with Gasteiger partial charge in [0.1, 0.15) is 12.5 Å². The van der Waals surface area contributed by atoms with Crippen LogP contribution in [0.2, 0.25) is 5.02 Å². The van der Waals surface area contributed by atoms with Gasteiger partial charge in [0.05, 0.1) is 22.4 Å². The number of β-amino-alcohol motifs (C(OH)–C–C–N with tert-alkyl or cyclic N) is 2. The fourth-order valence-corrected chi connectivity index (χ4v) is 4.21. The molecule has 8 heteroatoms. The number of rotatable bonds is 9. The first-order valence-corrected chi connectivity index (χ1v) is 10.7. The topological polar surface area (TPSA) is 86.1 Å². The van der Waals surface area contributed by atoms with Crippen molar-refractivity contribution in [3.8, 4) is 0 Å². The van der Waals surface area contributed by atoms with E-state index in [1.165, 1.54) is 0 Å². The van der Waals surface area contributed by atoms with E-state index in [4.69, 9.17) is 16.3 Å². The minimum Gasteiger partial charge on any atom is -0.392 e. The molecule has 0 amide bonds. The fourth-order valence-electron chi connectivity index (χ4n) is 4.10. The first-order valence-electron chi connectivity index (χ1n) is 10.3. The highest BCUT2D eigenvalue weighted by Crippen LogP contribution is 2.30. The van der Waals surface area contributed by atoms with Gasteiger partial charge in [-0.15, -0.1) is 0 Å². The normalized spacial score (nSPS) is 20.0. The Morgan fingerprint density at radius 3 is 2.77 bits per heavy atom. The Hall–Kier alpha value is -1.87. The number of aliphatic hydroxyl groups excluding tert-OH is 1. The monoisotopic (exact) mass is 447 g/mol. The smallest absolute Gasteiger partial charge is 0.150 e. The van der Waals surface area contributed by atoms with Crippen molar-refractivity contribution < 1.29 is 19.7 Å². The molecule has 7 nitrogen and oxygen atoms in total. The van der Waals surface area contributed by atoms with E-state index in [0.29, 0.717) is 47.8 Å². The predicted octanol–water partition coefficient (Wildman–Crippen LogP) is 2.60. The van der Waals surface area contributed by atoms with Crippen molar-refractivity contribution in [3.05, 3.63) is 63.9 Å². The van der Waals surface area contributed by atoms with Crippen LogP contribution in [0.4, 0.5) is 0 Å². The molecule has 2 aromatic rings. The zero-order valence-corrected chi connectivity index (χ0v) is 18.9. The first-order chi connectivity index (χ1) is 14.7. The van der Waals surface area contributed by atoms with E-state index in [1.54, 1.807) is 32.4 Å². The average molecular weight is 448 g/mol. The number of nitrogens with zero attached hydrogens (tertiary/aromatic N) is 3. The van der Waals surface area contributed by atoms with Crippen LogP contribution in [0.3, 0.4) is 0 Å². The fraction of sp³-hybridized carbons (Fsp3) is 0.478. The molecular weight excluding hydrogens is 418 g/mol. The van der Waals surface area contributed by atoms with Gasteiger partial charge in [-0.3, -0.25) is 19.6 Å². The molecular formula is C23H30ClN3O4. The van der Waals surface area contributed by atoms with E-state index < -0.39 is 11.8 Å². The summed E-state index contributed by atoms with van der Waals surface area (Å²) >= 11 is 5.91. The largest absolute Gasteiger partial charge is 0.392 e. The minimum atomic E-state index is -1.15. The van der Waals surface area contributed by atoms with Gasteiger partial charge in [-0.25, -0.2) is 0 Å². The lowest BCUT2D eigenvalue weighted by Gasteiger charge is -2.31. The molecule has 1 unspecified atom stereocenters. The van der Waals surface area contributed by atoms with Crippen LogP contribution in [0.15, 0.2) is 36.5 Å². The first kappa shape index (κ1) is 23.8. The lowest BCUT2D eigenvalue weighted by molar-refractivity contribution is -0.0256. The van der Waals surface area contributed by atoms with Crippen molar-refractivity contribution in [3.63, 3.8) is 0 Å². The maximum Gasteiger partial charge on any atom is 0.150 e. The molecule has 1 aromatic heterocycles. The molecule has 0 aliphatic carbocycles. The number of carbonyl (C=O) groups is 1. The van der Waals surface area contributed by atoms with Gasteiger partial charge in [0.2, 0.25) is 0 Å². The molecule has 1 aromatic carbocycles. The summed E-state index contributed by atoms with van der Waals surface area (Å²) in [6, 6.07) is 9.01. The second-order valence-electron chi connectivity index (χ2n) is 8.38. The van der Waals surface area contributed by atoms with Gasteiger partial charge >= 0.3 is 0 Å². The molecule has 1 aliphatic rings. The Balaban J connectivity index is 1.79. The summed E-state index contributed by atoms with van der Waals surface area (Å²) in [7, 11) is 3.48. The molecule has 0 radical (unpaired) electrons. The third kappa shape index (κ3) is 5.88. The van der Waals surface area contributed by atoms with Gasteiger partial charge < -0.3 is 14.9 Å². The number of aromatic nitrogens is 1. The molecule has 0 saturated carbocycles. The minimum absolute atomic E-state index is 0.350. The zero-order valence-electron chi connectivity index (χ0n) is 18.2. The van der Waals surface area contributed by atoms with Gasteiger partial charge in [0.15, 0.2) is 0 Å². The average Bonchev–Trinajstić information content (AvgIpc) is 3.14. The Labute approximate surface area is 188 Å². The molecule has 0 spiro atoms. The van der Waals surface area contributed by atoms with Crippen molar-refractivity contribution in [2.45, 2.75) is 37.8 Å². The van der Waals surface area contributed by atoms with Crippen molar-refractivity contribution in [2.24, 2.45) is 0 Å². The van der Waals surface area contributed by atoms with E-state index in [2.05, 4.69) is 4.98 Å². The van der Waals surface area contributed by atoms with Gasteiger partial charge in [-0.05, 0) is 44.2 Å². The molecule has 1 aliphatic heterocycles. The number of methoxy groups -OCH3 is 1. The van der Waals surface area contributed by atoms with Gasteiger partial charge in [0.25, 0.3) is 0 Å². The van der Waals surface area contributed by atoms with E-state index in [9.17, 15) is 15.0 Å². The van der Waals surface area contributed by atoms with Crippen LogP contribution in [0, 0.1) is 0 Å². The van der Waals surface area contributed by atoms with E-state index in [0.717, 1.165) is 18.5 Å². The van der Waals surface area contributed by atoms with Crippen molar-refractivity contribution in [1.82, 2.24) is 14.8 Å². The van der Waals surface area contributed by atoms with Crippen LogP contribution in [0.1, 0.15) is 46.8 Å². The quantitative estimate of drug-likeness (QED) is 0.451. The van der Waals surface area contributed by atoms with Crippen molar-refractivity contribution in [1.29, 1.82) is 0 Å². The van der Waals surface area contributed by atoms with Crippen LogP contribution < -0.4 is 0 Å². The Bertz CT molecular complexity index is 891. The second-order valence-corrected chi connectivity index (χ2v) is 8.82. The number of likely N-dealkylation sites (tertiary alicyclic amines) is 1. The highest BCUT2D eigenvalue weighted by Gasteiger charge is 2.31. The summed E-state index contributed by atoms with van der Waals surface area (Å²) in [5.41, 5.74) is 1.50. The van der Waals surface area contributed by atoms with Crippen LogP contribution in [0.25, 0.3) is 0 Å². The standard InChI is InChI=1S/C23H30ClN3O4/c1-23(30,15-27-9-8-20(29)13-27)17-4-7-21(16(10-17)14-28)22(31-3)26(2)12-19-6-5-18(24)11-25-19/h4-7,10-11,14,20,22,29-30H,8-9,12-13,15H2,1-3H3/t20-,22+,23?/m0/s1. The highest BCUT2D eigenvalue weighted by molar-refractivity contribution is 6.30. The number of halogens is 1. The molecule has 3 atom stereocenters. The predicted molar refractivity (Wildman–Crippen MR) is 119 cm³/mol. The third-order valence-corrected chi connectivity index (χ3v) is 5.93. The number of carbonyl (C=O) groups excluding carboxylic acids is 1. The Morgan fingerprint density at radius 2 is 2.19 bits per heavy atom. The molecule has 2 N–H and O–H groups in total. The van der Waals surface area contributed by atoms with E-state index >= 15 is 0 Å². The van der Waals surface area contributed by atoms with Gasteiger partial charge in [-0.1, -0.05) is 23.7 Å². The number of hydrogen-bond donors (Lipinski definition) is 2. The van der Waals surface area contributed by atoms with Crippen molar-refractivity contribution in [2.75, 3.05) is 33.8 Å². The Morgan fingerprint density at radius 1 is 1.42 bits per heavy atom. The van der Waals surface area contributed by atoms with Crippen molar-refractivity contribution >= 4 is 17.9 Å². The number of hydrogen-bond acceptors (Lipinski definition) is 7. The lowest BCUT2D eigenvalue weighted by Crippen LogP contribution is -2.38. The highest BCUT2D eigenvalue weighted by atomic mass is 35.5. The van der Waals surface area contributed by atoms with Gasteiger partial charge in [0, 0.05) is 50.6 Å². The maximum atomic E-state index is 11.9. The number of benzene rings is 1. The van der Waals surface area contributed by atoms with Crippen LogP contribution in [0.5, 0.6) is 0 Å². The summed E-state index contributed by atoms with van der Waals surface area (Å²) in [4.78, 5) is 20.2. The molecule has 3 rings (SSSR count). The van der Waals surface area contributed by atoms with Gasteiger partial charge in [-0.2, -0.15) is 0 Å². The molecule has 1 fully saturated rings. The number of pyridine rings is 1. The summed E-state index contributed by atoms with van der Waals surface area (Å²) in [6.07, 6.45) is 2.27. The second kappa shape index (κ2) is 10.2. The lowest BCUT2D eigenvalue weighted by atomic mass is 9.91. The molecule has 0 bridgehead atoms. The van der Waals surface area contributed by atoms with Crippen LogP contribution in [-0.4, -0.2) is 71.2 Å². The maximum absolute atomic E-state index is 11.9. The van der Waals surface area contributed by atoms with E-state index in [-0.39, 0.29) is 6.10 Å². The number of ether oxygens (including phenoxy) is 1. The summed E-state index contributed by atoms with van der Waals surface area (Å²) in [5.74, 6) is 0. The SMILES string of the molecule is CO[C@H](c1ccc(C(C)(O)CN2CC[C@H](O)C2)cc1C=O)N(C)Cc1ccc(Cl)cn1.